The summed E-state index contributed by atoms with van der Waals surface area (Å²) < 4.78 is 24.9. The molecule has 0 amide bonds. The maximum Gasteiger partial charge on any atom is 0.332 e. The van der Waals surface area contributed by atoms with Crippen molar-refractivity contribution in [1.29, 1.82) is 0 Å². The number of rotatable bonds is 6. The smallest absolute Gasteiger partial charge is 0.332 e. The van der Waals surface area contributed by atoms with E-state index < -0.39 is 16.0 Å². The van der Waals surface area contributed by atoms with Crippen LogP contribution in [0.15, 0.2) is 59.5 Å². The second-order valence-corrected chi connectivity index (χ2v) is 8.07. The van der Waals surface area contributed by atoms with Gasteiger partial charge in [-0.15, -0.1) is 0 Å². The normalized spacial score (nSPS) is 11.3. The second-order valence-electron chi connectivity index (χ2n) is 5.20. The van der Waals surface area contributed by atoms with Crippen LogP contribution in [0.25, 0.3) is 0 Å². The lowest BCUT2D eigenvalue weighted by atomic mass is 10.1. The summed E-state index contributed by atoms with van der Waals surface area (Å²) in [6, 6.07) is 15.0. The van der Waals surface area contributed by atoms with Crippen LogP contribution in [0.3, 0.4) is 0 Å². The number of hydrogen-bond acceptors (Lipinski definition) is 5. The SMILES string of the molecule is CN(C)c1ccc(CC(=O)ON(Br)S(=O)(=O)c2ccccc2)cc1. The highest BCUT2D eigenvalue weighted by Gasteiger charge is 2.26. The summed E-state index contributed by atoms with van der Waals surface area (Å²) in [5, 5.41) is 0. The van der Waals surface area contributed by atoms with E-state index in [1.54, 1.807) is 30.3 Å². The Morgan fingerprint density at radius 1 is 1.04 bits per heavy atom. The van der Waals surface area contributed by atoms with Crippen LogP contribution in [0, 0.1) is 0 Å². The average molecular weight is 413 g/mol. The number of sulfonamides is 1. The molecule has 2 rings (SSSR count). The molecule has 0 heterocycles. The molecule has 0 radical (unpaired) electrons. The molecule has 128 valence electrons. The van der Waals surface area contributed by atoms with E-state index in [1.807, 2.05) is 31.1 Å². The largest absolute Gasteiger partial charge is 0.378 e. The third-order valence-electron chi connectivity index (χ3n) is 3.20. The second kappa shape index (κ2) is 7.78. The summed E-state index contributed by atoms with van der Waals surface area (Å²) in [7, 11) is -0.110. The quantitative estimate of drug-likeness (QED) is 0.538. The number of hydrogen-bond donors (Lipinski definition) is 0. The highest BCUT2D eigenvalue weighted by Crippen LogP contribution is 2.20. The summed E-state index contributed by atoms with van der Waals surface area (Å²) in [4.78, 5) is 18.8. The minimum absolute atomic E-state index is 0.0185. The molecule has 0 unspecified atom stereocenters. The number of carbonyl (C=O) groups is 1. The number of anilines is 1. The Morgan fingerprint density at radius 2 is 1.62 bits per heavy atom. The van der Waals surface area contributed by atoms with Crippen molar-refractivity contribution >= 4 is 37.8 Å². The van der Waals surface area contributed by atoms with E-state index in [-0.39, 0.29) is 11.3 Å². The molecular formula is C16H17BrN2O4S. The maximum atomic E-state index is 12.2. The van der Waals surface area contributed by atoms with E-state index in [4.69, 9.17) is 4.84 Å². The monoisotopic (exact) mass is 412 g/mol. The van der Waals surface area contributed by atoms with Gasteiger partial charge in [0.1, 0.15) is 0 Å². The molecule has 0 aromatic heterocycles. The molecule has 0 saturated heterocycles. The number of benzene rings is 2. The molecule has 0 fully saturated rings. The zero-order chi connectivity index (χ0) is 17.7. The summed E-state index contributed by atoms with van der Waals surface area (Å²) in [6.45, 7) is 0. The van der Waals surface area contributed by atoms with Crippen molar-refractivity contribution in [2.24, 2.45) is 0 Å². The molecule has 2 aromatic rings. The summed E-state index contributed by atoms with van der Waals surface area (Å²) in [5.74, 6) is -0.691. The van der Waals surface area contributed by atoms with Crippen molar-refractivity contribution in [3.63, 3.8) is 0 Å². The standard InChI is InChI=1S/C16H17BrN2O4S/c1-18(2)14-10-8-13(9-11-14)12-16(20)23-19(17)24(21,22)15-6-4-3-5-7-15/h3-11H,12H2,1-2H3. The van der Waals surface area contributed by atoms with Gasteiger partial charge < -0.3 is 9.74 Å². The van der Waals surface area contributed by atoms with Gasteiger partial charge in [0, 0.05) is 23.3 Å². The molecule has 6 nitrogen and oxygen atoms in total. The molecular weight excluding hydrogens is 396 g/mol. The lowest BCUT2D eigenvalue weighted by Gasteiger charge is -2.15. The van der Waals surface area contributed by atoms with Gasteiger partial charge >= 0.3 is 5.97 Å². The van der Waals surface area contributed by atoms with Gasteiger partial charge in [-0.05, 0) is 29.8 Å². The summed E-state index contributed by atoms with van der Waals surface area (Å²) >= 11 is 2.78. The minimum atomic E-state index is -3.94. The number of nitrogens with zero attached hydrogens (tertiary/aromatic N) is 2. The molecule has 0 spiro atoms. The van der Waals surface area contributed by atoms with Gasteiger partial charge in [-0.25, -0.2) is 13.2 Å². The van der Waals surface area contributed by atoms with Crippen molar-refractivity contribution in [3.8, 4) is 0 Å². The third-order valence-corrected chi connectivity index (χ3v) is 5.81. The van der Waals surface area contributed by atoms with Gasteiger partial charge in [0.15, 0.2) is 0 Å². The van der Waals surface area contributed by atoms with E-state index in [0.717, 1.165) is 11.3 Å². The number of halogens is 1. The van der Waals surface area contributed by atoms with Crippen molar-refractivity contribution in [2.45, 2.75) is 11.3 Å². The number of carbonyl (C=O) groups excluding carboxylic acids is 1. The van der Waals surface area contributed by atoms with Gasteiger partial charge in [-0.1, -0.05) is 30.3 Å². The topological polar surface area (TPSA) is 66.9 Å². The first-order chi connectivity index (χ1) is 11.3. The van der Waals surface area contributed by atoms with Crippen LogP contribution < -0.4 is 4.90 Å². The Balaban J connectivity index is 2.01. The van der Waals surface area contributed by atoms with Crippen LogP contribution in [0.4, 0.5) is 5.69 Å². The average Bonchev–Trinajstić information content (AvgIpc) is 2.56. The first kappa shape index (κ1) is 18.4. The highest BCUT2D eigenvalue weighted by atomic mass is 79.9. The molecule has 0 aliphatic carbocycles. The Labute approximate surface area is 150 Å². The van der Waals surface area contributed by atoms with E-state index in [1.165, 1.54) is 12.1 Å². The summed E-state index contributed by atoms with van der Waals surface area (Å²) in [5.41, 5.74) is 1.73. The van der Waals surface area contributed by atoms with E-state index in [0.29, 0.717) is 3.49 Å². The fraction of sp³-hybridized carbons (Fsp3) is 0.188. The Bertz CT molecular complexity index is 793. The molecule has 0 saturated carbocycles. The predicted molar refractivity (Wildman–Crippen MR) is 95.0 cm³/mol. The van der Waals surface area contributed by atoms with Gasteiger partial charge in [0.25, 0.3) is 10.0 Å². The first-order valence-electron chi connectivity index (χ1n) is 7.04. The molecule has 0 bridgehead atoms. The molecule has 24 heavy (non-hydrogen) atoms. The zero-order valence-electron chi connectivity index (χ0n) is 13.2. The van der Waals surface area contributed by atoms with Crippen molar-refractivity contribution < 1.29 is 18.0 Å². The zero-order valence-corrected chi connectivity index (χ0v) is 15.6. The third kappa shape index (κ3) is 4.56. The van der Waals surface area contributed by atoms with E-state index >= 15 is 0 Å². The van der Waals surface area contributed by atoms with Crippen LogP contribution >= 0.6 is 16.1 Å². The van der Waals surface area contributed by atoms with Gasteiger partial charge in [-0.3, -0.25) is 0 Å². The van der Waals surface area contributed by atoms with Gasteiger partial charge in [0.05, 0.1) is 27.5 Å². The van der Waals surface area contributed by atoms with Crippen molar-refractivity contribution in [1.82, 2.24) is 3.49 Å². The van der Waals surface area contributed by atoms with Crippen LogP contribution in [-0.2, 0) is 26.1 Å². The van der Waals surface area contributed by atoms with E-state index in [9.17, 15) is 13.2 Å². The first-order valence-corrected chi connectivity index (χ1v) is 9.19. The predicted octanol–water partition coefficient (Wildman–Crippen LogP) is 2.75. The summed E-state index contributed by atoms with van der Waals surface area (Å²) in [6.07, 6.45) is -0.0415. The van der Waals surface area contributed by atoms with Gasteiger partial charge in [0.2, 0.25) is 0 Å². The molecule has 8 heteroatoms. The van der Waals surface area contributed by atoms with Gasteiger partial charge in [-0.2, -0.15) is 0 Å². The lowest BCUT2D eigenvalue weighted by molar-refractivity contribution is -0.155. The van der Waals surface area contributed by atoms with E-state index in [2.05, 4.69) is 16.1 Å². The Kier molecular flexibility index (Phi) is 5.98. The molecule has 2 aromatic carbocycles. The van der Waals surface area contributed by atoms with Crippen molar-refractivity contribution in [3.05, 3.63) is 60.2 Å². The Hall–Kier alpha value is -1.90. The van der Waals surface area contributed by atoms with Crippen LogP contribution in [0.5, 0.6) is 0 Å². The lowest BCUT2D eigenvalue weighted by Crippen LogP contribution is -2.26. The van der Waals surface area contributed by atoms with Crippen molar-refractivity contribution in [2.75, 3.05) is 19.0 Å². The maximum absolute atomic E-state index is 12.2. The fourth-order valence-electron chi connectivity index (χ4n) is 1.92. The van der Waals surface area contributed by atoms with Crippen LogP contribution in [-0.4, -0.2) is 32.0 Å². The highest BCUT2D eigenvalue weighted by molar-refractivity contribution is 9.08. The Morgan fingerprint density at radius 3 is 2.17 bits per heavy atom. The molecule has 0 aliphatic heterocycles. The van der Waals surface area contributed by atoms with Crippen LogP contribution in [0.2, 0.25) is 0 Å². The minimum Gasteiger partial charge on any atom is -0.378 e. The molecule has 0 N–H and O–H groups in total. The molecule has 0 aliphatic rings. The molecule has 0 atom stereocenters. The van der Waals surface area contributed by atoms with Crippen LogP contribution in [0.1, 0.15) is 5.56 Å². The fourth-order valence-corrected chi connectivity index (χ4v) is 3.43.